The minimum atomic E-state index is -0.165. The second-order valence-corrected chi connectivity index (χ2v) is 11.6. The fourth-order valence-electron chi connectivity index (χ4n) is 7.45. The van der Waals surface area contributed by atoms with E-state index in [4.69, 9.17) is 4.74 Å². The molecule has 2 N–H and O–H groups in total. The first-order valence-electron chi connectivity index (χ1n) is 13.4. The lowest BCUT2D eigenvalue weighted by Crippen LogP contribution is -2.53. The van der Waals surface area contributed by atoms with Gasteiger partial charge in [0.2, 0.25) is 11.8 Å². The lowest BCUT2D eigenvalue weighted by atomic mass is 9.49. The normalized spacial score (nSPS) is 33.4. The van der Waals surface area contributed by atoms with E-state index in [2.05, 4.69) is 10.6 Å². The van der Waals surface area contributed by atoms with Crippen LogP contribution in [0.2, 0.25) is 0 Å². The van der Waals surface area contributed by atoms with E-state index < -0.39 is 0 Å². The van der Waals surface area contributed by atoms with E-state index in [1.54, 1.807) is 0 Å². The molecule has 3 amide bonds. The fourth-order valence-corrected chi connectivity index (χ4v) is 7.45. The van der Waals surface area contributed by atoms with Crippen LogP contribution in [0.3, 0.4) is 0 Å². The summed E-state index contributed by atoms with van der Waals surface area (Å²) in [5.41, 5.74) is 1.42. The molecule has 1 aromatic rings. The highest BCUT2D eigenvalue weighted by Crippen LogP contribution is 2.60. The number of hydrogen-bond donors (Lipinski definition) is 2. The Morgan fingerprint density at radius 2 is 1.49 bits per heavy atom. The number of morpholine rings is 1. The van der Waals surface area contributed by atoms with Crippen molar-refractivity contribution in [3.05, 3.63) is 35.4 Å². The molecule has 1 aromatic carbocycles. The van der Waals surface area contributed by atoms with Crippen molar-refractivity contribution in [1.29, 1.82) is 0 Å². The summed E-state index contributed by atoms with van der Waals surface area (Å²) in [5, 5.41) is 6.00. The minimum Gasteiger partial charge on any atom is -0.372 e. The molecule has 7 nitrogen and oxygen atoms in total. The lowest BCUT2D eigenvalue weighted by molar-refractivity contribution is -0.146. The summed E-state index contributed by atoms with van der Waals surface area (Å²) in [4.78, 5) is 40.0. The molecular formula is C28H39N3O4. The molecule has 2 atom stereocenters. The molecular weight excluding hydrogens is 442 g/mol. The molecule has 35 heavy (non-hydrogen) atoms. The van der Waals surface area contributed by atoms with Gasteiger partial charge in [-0.3, -0.25) is 14.4 Å². The number of amides is 3. The average Bonchev–Trinajstić information content (AvgIpc) is 2.81. The largest absolute Gasteiger partial charge is 0.372 e. The van der Waals surface area contributed by atoms with Gasteiger partial charge in [0.15, 0.2) is 0 Å². The van der Waals surface area contributed by atoms with Crippen LogP contribution in [0.5, 0.6) is 0 Å². The molecule has 1 heterocycles. The van der Waals surface area contributed by atoms with Crippen LogP contribution < -0.4 is 10.6 Å². The molecule has 190 valence electrons. The van der Waals surface area contributed by atoms with Gasteiger partial charge in [0.25, 0.3) is 5.91 Å². The van der Waals surface area contributed by atoms with Gasteiger partial charge in [-0.05, 0) is 87.8 Å². The number of nitrogens with zero attached hydrogens (tertiary/aromatic N) is 1. The second-order valence-electron chi connectivity index (χ2n) is 11.6. The zero-order chi connectivity index (χ0) is 24.6. The van der Waals surface area contributed by atoms with Crippen molar-refractivity contribution in [3.63, 3.8) is 0 Å². The number of carbonyl (C=O) groups excluding carboxylic acids is 3. The molecule has 7 heteroatoms. The molecule has 6 rings (SSSR count). The van der Waals surface area contributed by atoms with E-state index in [1.165, 1.54) is 19.3 Å². The second kappa shape index (κ2) is 9.92. The third-order valence-corrected chi connectivity index (χ3v) is 8.55. The molecule has 5 aliphatic rings. The number of nitrogens with one attached hydrogen (secondary N) is 2. The van der Waals surface area contributed by atoms with Crippen molar-refractivity contribution in [1.82, 2.24) is 15.5 Å². The van der Waals surface area contributed by atoms with Gasteiger partial charge in [-0.25, -0.2) is 0 Å². The molecule has 0 spiro atoms. The molecule has 1 aliphatic heterocycles. The number of carbonyl (C=O) groups is 3. The van der Waals surface area contributed by atoms with Crippen molar-refractivity contribution >= 4 is 17.7 Å². The molecule has 4 saturated carbocycles. The first-order chi connectivity index (χ1) is 16.8. The predicted molar refractivity (Wildman–Crippen MR) is 132 cm³/mol. The summed E-state index contributed by atoms with van der Waals surface area (Å²) in [7, 11) is 0. The summed E-state index contributed by atoms with van der Waals surface area (Å²) >= 11 is 0. The van der Waals surface area contributed by atoms with E-state index in [-0.39, 0.29) is 41.8 Å². The van der Waals surface area contributed by atoms with Crippen LogP contribution in [0.1, 0.15) is 74.7 Å². The van der Waals surface area contributed by atoms with Gasteiger partial charge in [0.05, 0.1) is 12.2 Å². The Bertz CT molecular complexity index is 914. The van der Waals surface area contributed by atoms with Crippen LogP contribution >= 0.6 is 0 Å². The zero-order valence-corrected chi connectivity index (χ0v) is 21.1. The highest BCUT2D eigenvalue weighted by Gasteiger charge is 2.54. The molecule has 2 unspecified atom stereocenters. The molecule has 0 radical (unpaired) electrons. The van der Waals surface area contributed by atoms with Crippen LogP contribution in [0.25, 0.3) is 0 Å². The van der Waals surface area contributed by atoms with Gasteiger partial charge in [-0.15, -0.1) is 0 Å². The minimum absolute atomic E-state index is 0.0114. The van der Waals surface area contributed by atoms with Crippen molar-refractivity contribution in [3.8, 4) is 0 Å². The Morgan fingerprint density at radius 1 is 0.914 bits per heavy atom. The third-order valence-electron chi connectivity index (χ3n) is 8.55. The van der Waals surface area contributed by atoms with Crippen LogP contribution in [0.15, 0.2) is 24.3 Å². The van der Waals surface area contributed by atoms with Gasteiger partial charge in [-0.1, -0.05) is 12.1 Å². The summed E-state index contributed by atoms with van der Waals surface area (Å²) in [6, 6.07) is 7.41. The first kappa shape index (κ1) is 24.3. The highest BCUT2D eigenvalue weighted by molar-refractivity contribution is 5.94. The lowest BCUT2D eigenvalue weighted by Gasteiger charge is -2.55. The maximum atomic E-state index is 13.0. The predicted octanol–water partition coefficient (Wildman–Crippen LogP) is 3.27. The van der Waals surface area contributed by atoms with Crippen molar-refractivity contribution in [2.24, 2.45) is 23.2 Å². The Kier molecular flexibility index (Phi) is 6.88. The molecule has 5 fully saturated rings. The monoisotopic (exact) mass is 481 g/mol. The third kappa shape index (κ3) is 5.40. The summed E-state index contributed by atoms with van der Waals surface area (Å²) in [5.74, 6) is 2.31. The van der Waals surface area contributed by atoms with Crippen molar-refractivity contribution in [2.75, 3.05) is 19.6 Å². The van der Waals surface area contributed by atoms with Gasteiger partial charge in [0, 0.05) is 43.6 Å². The average molecular weight is 482 g/mol. The molecule has 4 bridgehead atoms. The Balaban J connectivity index is 1.04. The smallest absolute Gasteiger partial charge is 0.254 e. The summed E-state index contributed by atoms with van der Waals surface area (Å²) in [6.45, 7) is 5.95. The van der Waals surface area contributed by atoms with Crippen molar-refractivity contribution in [2.45, 2.75) is 77.5 Å². The Labute approximate surface area is 208 Å². The van der Waals surface area contributed by atoms with E-state index in [1.807, 2.05) is 43.0 Å². The maximum absolute atomic E-state index is 13.0. The topological polar surface area (TPSA) is 87.7 Å². The van der Waals surface area contributed by atoms with Gasteiger partial charge in [-0.2, -0.15) is 0 Å². The standard InChI is InChI=1S/C28H39N3O4/c1-18-16-31(17-19(2)35-18)26(33)24-5-3-20(4-6-24)15-30-25(32)7-8-29-27(34)28-12-21-9-22(13-28)11-23(10-21)14-28/h3-6,18-19,21-23H,7-17H2,1-2H3,(H,29,34)(H,30,32). The zero-order valence-electron chi connectivity index (χ0n) is 21.1. The van der Waals surface area contributed by atoms with Crippen LogP contribution in [-0.4, -0.2) is 54.5 Å². The van der Waals surface area contributed by atoms with Crippen LogP contribution in [-0.2, 0) is 20.9 Å². The van der Waals surface area contributed by atoms with Gasteiger partial charge in [0.1, 0.15) is 0 Å². The molecule has 1 saturated heterocycles. The SMILES string of the molecule is CC1CN(C(=O)c2ccc(CNC(=O)CCNC(=O)C34CC5CC(CC(C5)C3)C4)cc2)CC(C)O1. The maximum Gasteiger partial charge on any atom is 0.254 e. The van der Waals surface area contributed by atoms with Gasteiger partial charge >= 0.3 is 0 Å². The quantitative estimate of drug-likeness (QED) is 0.626. The Hall–Kier alpha value is -2.41. The first-order valence-corrected chi connectivity index (χ1v) is 13.4. The van der Waals surface area contributed by atoms with Gasteiger partial charge < -0.3 is 20.3 Å². The number of rotatable bonds is 7. The highest BCUT2D eigenvalue weighted by atomic mass is 16.5. The number of benzene rings is 1. The van der Waals surface area contributed by atoms with Crippen molar-refractivity contribution < 1.29 is 19.1 Å². The fraction of sp³-hybridized carbons (Fsp3) is 0.679. The van der Waals surface area contributed by atoms with E-state index in [0.29, 0.717) is 31.7 Å². The molecule has 0 aromatic heterocycles. The summed E-state index contributed by atoms with van der Waals surface area (Å²) in [6.07, 6.45) is 7.42. The van der Waals surface area contributed by atoms with E-state index in [0.717, 1.165) is 42.6 Å². The van der Waals surface area contributed by atoms with Crippen LogP contribution in [0.4, 0.5) is 0 Å². The van der Waals surface area contributed by atoms with Crippen LogP contribution in [0, 0.1) is 23.2 Å². The molecule has 4 aliphatic carbocycles. The van der Waals surface area contributed by atoms with E-state index in [9.17, 15) is 14.4 Å². The number of hydrogen-bond acceptors (Lipinski definition) is 4. The summed E-state index contributed by atoms with van der Waals surface area (Å²) < 4.78 is 5.71. The van der Waals surface area contributed by atoms with E-state index >= 15 is 0 Å². The number of ether oxygens (including phenoxy) is 1. The Morgan fingerprint density at radius 3 is 2.06 bits per heavy atom.